The highest BCUT2D eigenvalue weighted by molar-refractivity contribution is 5.70. The fourth-order valence-corrected chi connectivity index (χ4v) is 7.74. The molecule has 1 unspecified atom stereocenters. The van der Waals surface area contributed by atoms with Crippen LogP contribution in [0.1, 0.15) is 264 Å². The van der Waals surface area contributed by atoms with Crippen LogP contribution in [-0.2, 0) is 19.1 Å². The van der Waals surface area contributed by atoms with Gasteiger partial charge >= 0.3 is 11.9 Å². The van der Waals surface area contributed by atoms with E-state index in [9.17, 15) is 14.7 Å². The molecule has 1 N–H and O–H groups in total. The van der Waals surface area contributed by atoms with Gasteiger partial charge in [0.1, 0.15) is 6.61 Å². The Balaban J connectivity index is 3.50. The average molecular weight is 879 g/mol. The van der Waals surface area contributed by atoms with Crippen molar-refractivity contribution < 1.29 is 24.2 Å². The number of carbonyl (C=O) groups is 2. The molecule has 5 heteroatoms. The van der Waals surface area contributed by atoms with Gasteiger partial charge in [0.2, 0.25) is 0 Å². The standard InChI is InChI=1S/C58H102O5/c1-3-5-7-9-11-13-15-17-19-21-23-24-25-26-27-28-29-30-31-32-33-34-35-37-39-41-43-45-47-49-51-53-58(61)63-56(54-59)55-62-57(60)52-50-48-46-44-42-40-38-36-22-20-18-16-14-12-10-8-6-4-2/h5,7,11,13,17,19,23-24,26-27,29-30,56,59H,3-4,6,8-10,12,14-16,18,20-22,25,28,31-55H2,1-2H3/b7-5-,13-11-,19-17-,24-23-,27-26-,30-29-. The minimum Gasteiger partial charge on any atom is -0.462 e. The first kappa shape index (κ1) is 60.3. The van der Waals surface area contributed by atoms with Gasteiger partial charge in [-0.1, -0.05) is 260 Å². The van der Waals surface area contributed by atoms with E-state index in [0.29, 0.717) is 12.8 Å². The Morgan fingerprint density at radius 1 is 0.381 bits per heavy atom. The van der Waals surface area contributed by atoms with Crippen molar-refractivity contribution >= 4 is 11.9 Å². The van der Waals surface area contributed by atoms with Crippen molar-refractivity contribution in [1.29, 1.82) is 0 Å². The summed E-state index contributed by atoms with van der Waals surface area (Å²) in [5, 5.41) is 9.64. The summed E-state index contributed by atoms with van der Waals surface area (Å²) < 4.78 is 10.7. The molecule has 0 rings (SSSR count). The monoisotopic (exact) mass is 879 g/mol. The summed E-state index contributed by atoms with van der Waals surface area (Å²) in [6.07, 6.45) is 72.9. The van der Waals surface area contributed by atoms with E-state index < -0.39 is 6.10 Å². The summed E-state index contributed by atoms with van der Waals surface area (Å²) >= 11 is 0. The molecule has 0 saturated carbocycles. The maximum atomic E-state index is 12.3. The van der Waals surface area contributed by atoms with Gasteiger partial charge in [0.15, 0.2) is 6.10 Å². The van der Waals surface area contributed by atoms with E-state index >= 15 is 0 Å². The second-order valence-corrected chi connectivity index (χ2v) is 17.9. The summed E-state index contributed by atoms with van der Waals surface area (Å²) in [5.41, 5.74) is 0. The topological polar surface area (TPSA) is 72.8 Å². The van der Waals surface area contributed by atoms with E-state index in [2.05, 4.69) is 86.8 Å². The van der Waals surface area contributed by atoms with Crippen LogP contribution in [0.3, 0.4) is 0 Å². The summed E-state index contributed by atoms with van der Waals surface area (Å²) in [7, 11) is 0. The summed E-state index contributed by atoms with van der Waals surface area (Å²) in [6.45, 7) is 4.05. The van der Waals surface area contributed by atoms with Crippen molar-refractivity contribution in [3.8, 4) is 0 Å². The zero-order valence-electron chi connectivity index (χ0n) is 41.6. The SMILES string of the molecule is CC/C=C\C/C=C\C/C=C\C/C=C\C/C=C\C/C=C\CCCCCCCCCCCCCCC(=O)OC(CO)COC(=O)CCCCCCCCCCCCCCCCCCCC. The van der Waals surface area contributed by atoms with Gasteiger partial charge in [0.05, 0.1) is 6.61 Å². The second kappa shape index (κ2) is 53.7. The van der Waals surface area contributed by atoms with Crippen LogP contribution < -0.4 is 0 Å². The molecule has 0 aromatic heterocycles. The van der Waals surface area contributed by atoms with E-state index in [1.807, 2.05) is 0 Å². The number of rotatable bonds is 49. The van der Waals surface area contributed by atoms with E-state index in [-0.39, 0.29) is 25.2 Å². The van der Waals surface area contributed by atoms with Crippen molar-refractivity contribution in [3.05, 3.63) is 72.9 Å². The molecule has 1 atom stereocenters. The molecule has 0 bridgehead atoms. The Hall–Kier alpha value is -2.66. The van der Waals surface area contributed by atoms with Gasteiger partial charge in [0, 0.05) is 12.8 Å². The van der Waals surface area contributed by atoms with Crippen molar-refractivity contribution in [3.63, 3.8) is 0 Å². The van der Waals surface area contributed by atoms with Crippen molar-refractivity contribution in [1.82, 2.24) is 0 Å². The average Bonchev–Trinajstić information content (AvgIpc) is 3.29. The molecule has 63 heavy (non-hydrogen) atoms. The highest BCUT2D eigenvalue weighted by Crippen LogP contribution is 2.16. The lowest BCUT2D eigenvalue weighted by molar-refractivity contribution is -0.161. The third-order valence-electron chi connectivity index (χ3n) is 11.8. The van der Waals surface area contributed by atoms with Gasteiger partial charge in [-0.15, -0.1) is 0 Å². The molecule has 0 amide bonds. The summed E-state index contributed by atoms with van der Waals surface area (Å²) in [4.78, 5) is 24.5. The van der Waals surface area contributed by atoms with Gasteiger partial charge in [-0.05, 0) is 64.2 Å². The van der Waals surface area contributed by atoms with E-state index in [0.717, 1.165) is 77.0 Å². The molecule has 5 nitrogen and oxygen atoms in total. The minimum absolute atomic E-state index is 0.0650. The van der Waals surface area contributed by atoms with Crippen LogP contribution in [0.2, 0.25) is 0 Å². The van der Waals surface area contributed by atoms with Crippen molar-refractivity contribution in [2.24, 2.45) is 0 Å². The summed E-state index contributed by atoms with van der Waals surface area (Å²) in [5.74, 6) is -0.584. The molecule has 0 aromatic carbocycles. The largest absolute Gasteiger partial charge is 0.462 e. The van der Waals surface area contributed by atoms with Crippen molar-refractivity contribution in [2.45, 2.75) is 270 Å². The first-order chi connectivity index (χ1) is 31.1. The van der Waals surface area contributed by atoms with Crippen LogP contribution in [0.15, 0.2) is 72.9 Å². The number of ether oxygens (including phenoxy) is 2. The molecule has 0 aliphatic carbocycles. The molecule has 0 fully saturated rings. The first-order valence-electron chi connectivity index (χ1n) is 27.0. The quantitative estimate of drug-likeness (QED) is 0.0374. The molecule has 0 saturated heterocycles. The fourth-order valence-electron chi connectivity index (χ4n) is 7.74. The highest BCUT2D eigenvalue weighted by Gasteiger charge is 2.16. The van der Waals surface area contributed by atoms with E-state index in [1.165, 1.54) is 161 Å². The predicted octanol–water partition coefficient (Wildman–Crippen LogP) is 18.0. The number of aliphatic hydroxyl groups is 1. The molecule has 0 aromatic rings. The third-order valence-corrected chi connectivity index (χ3v) is 11.8. The number of esters is 2. The highest BCUT2D eigenvalue weighted by atomic mass is 16.6. The number of aliphatic hydroxyl groups excluding tert-OH is 1. The Labute approximate surface area is 391 Å². The minimum atomic E-state index is -0.774. The number of allylic oxidation sites excluding steroid dienone is 12. The second-order valence-electron chi connectivity index (χ2n) is 17.9. The van der Waals surface area contributed by atoms with Gasteiger partial charge in [-0.2, -0.15) is 0 Å². The number of carbonyl (C=O) groups excluding carboxylic acids is 2. The molecule has 364 valence electrons. The Morgan fingerprint density at radius 3 is 1.03 bits per heavy atom. The van der Waals surface area contributed by atoms with Crippen LogP contribution in [0, 0.1) is 0 Å². The molecular formula is C58H102O5. The van der Waals surface area contributed by atoms with Crippen LogP contribution >= 0.6 is 0 Å². The first-order valence-corrected chi connectivity index (χ1v) is 27.0. The van der Waals surface area contributed by atoms with Crippen LogP contribution in [0.4, 0.5) is 0 Å². The normalized spacial score (nSPS) is 12.7. The molecular weight excluding hydrogens is 777 g/mol. The molecule has 0 aliphatic heterocycles. The third kappa shape index (κ3) is 51.9. The zero-order valence-corrected chi connectivity index (χ0v) is 41.6. The number of hydrogen-bond acceptors (Lipinski definition) is 5. The molecule has 0 heterocycles. The smallest absolute Gasteiger partial charge is 0.306 e. The Morgan fingerprint density at radius 2 is 0.683 bits per heavy atom. The number of unbranched alkanes of at least 4 members (excludes halogenated alkanes) is 29. The fraction of sp³-hybridized carbons (Fsp3) is 0.759. The van der Waals surface area contributed by atoms with Crippen LogP contribution in [0.25, 0.3) is 0 Å². The van der Waals surface area contributed by atoms with Gasteiger partial charge in [-0.25, -0.2) is 0 Å². The lowest BCUT2D eigenvalue weighted by Crippen LogP contribution is -2.28. The zero-order chi connectivity index (χ0) is 45.6. The lowest BCUT2D eigenvalue weighted by Gasteiger charge is -2.15. The van der Waals surface area contributed by atoms with Crippen molar-refractivity contribution in [2.75, 3.05) is 13.2 Å². The number of hydrogen-bond donors (Lipinski definition) is 1. The van der Waals surface area contributed by atoms with Gasteiger partial charge in [-0.3, -0.25) is 9.59 Å². The lowest BCUT2D eigenvalue weighted by atomic mass is 10.0. The maximum absolute atomic E-state index is 12.3. The van der Waals surface area contributed by atoms with Crippen LogP contribution in [0.5, 0.6) is 0 Å². The van der Waals surface area contributed by atoms with E-state index in [4.69, 9.17) is 9.47 Å². The molecule has 0 spiro atoms. The maximum Gasteiger partial charge on any atom is 0.306 e. The van der Waals surface area contributed by atoms with Gasteiger partial charge < -0.3 is 14.6 Å². The molecule has 0 aliphatic rings. The van der Waals surface area contributed by atoms with Crippen LogP contribution in [-0.4, -0.2) is 36.4 Å². The predicted molar refractivity (Wildman–Crippen MR) is 274 cm³/mol. The van der Waals surface area contributed by atoms with E-state index in [1.54, 1.807) is 0 Å². The molecule has 0 radical (unpaired) electrons. The summed E-state index contributed by atoms with van der Waals surface area (Å²) in [6, 6.07) is 0. The van der Waals surface area contributed by atoms with Gasteiger partial charge in [0.25, 0.3) is 0 Å². The Bertz CT molecular complexity index is 1130. The Kier molecular flexibility index (Phi) is 51.4.